The minimum Gasteiger partial charge on any atom is -0.457 e. The van der Waals surface area contributed by atoms with Crippen LogP contribution in [-0.4, -0.2) is 28.2 Å². The van der Waals surface area contributed by atoms with Crippen molar-refractivity contribution < 1.29 is 9.47 Å². The van der Waals surface area contributed by atoms with Crippen LogP contribution < -0.4 is 14.4 Å². The maximum absolute atomic E-state index is 7.72. The van der Waals surface area contributed by atoms with E-state index in [1.807, 2.05) is 24.3 Å². The molecule has 92 heavy (non-hydrogen) atoms. The standard InChI is InChI=1S/C83H49N7O2/c1-8-28-63-53(21-1)54-22-2-9-29-64(54)87(63)51-46-61-81(84-48-51)82-62(47-52(49-85-82)88-65-30-10-3-23-55(65)56-24-4-11-31-66(56)88)83(61)79-73(89-67-32-12-5-25-57(67)58-26-6-13-33-68(58)89)37-19-41-77(79)92-78-42-20-38-74(80(78)83)90-69-34-14-7-27-59(69)60-45-50(43-44-70(60)90)86-71-35-15-17-39-75(71)91-76-40-18-16-36-72(76)86/h1-49H. The summed E-state index contributed by atoms with van der Waals surface area (Å²) in [6, 6.07) is 103. The van der Waals surface area contributed by atoms with Crippen LogP contribution >= 0.6 is 0 Å². The van der Waals surface area contributed by atoms with Gasteiger partial charge in [-0.05, 0) is 121 Å². The summed E-state index contributed by atoms with van der Waals surface area (Å²) in [6.45, 7) is 0. The highest BCUT2D eigenvalue weighted by atomic mass is 16.5. The minimum atomic E-state index is -1.20. The van der Waals surface area contributed by atoms with Gasteiger partial charge in [-0.1, -0.05) is 164 Å². The third-order valence-corrected chi connectivity index (χ3v) is 19.8. The van der Waals surface area contributed by atoms with E-state index >= 15 is 0 Å². The monoisotopic (exact) mass is 1180 g/mol. The van der Waals surface area contributed by atoms with Crippen LogP contribution in [0.5, 0.6) is 23.0 Å². The Morgan fingerprint density at radius 1 is 0.250 bits per heavy atom. The molecular weight excluding hydrogens is 1130 g/mol. The van der Waals surface area contributed by atoms with Crippen LogP contribution in [0.25, 0.3) is 121 Å². The van der Waals surface area contributed by atoms with Gasteiger partial charge in [0.2, 0.25) is 0 Å². The number of nitrogens with zero attached hydrogens (tertiary/aromatic N) is 7. The lowest BCUT2D eigenvalue weighted by molar-refractivity contribution is 0.435. The summed E-state index contributed by atoms with van der Waals surface area (Å²) < 4.78 is 24.0. The van der Waals surface area contributed by atoms with Gasteiger partial charge in [0, 0.05) is 71.0 Å². The van der Waals surface area contributed by atoms with Crippen molar-refractivity contribution in [2.24, 2.45) is 0 Å². The van der Waals surface area contributed by atoms with E-state index in [0.29, 0.717) is 0 Å². The summed E-state index contributed by atoms with van der Waals surface area (Å²) in [5.74, 6) is 3.09. The van der Waals surface area contributed by atoms with E-state index in [9.17, 15) is 0 Å². The largest absolute Gasteiger partial charge is 0.457 e. The minimum absolute atomic E-state index is 0.738. The lowest BCUT2D eigenvalue weighted by Gasteiger charge is -2.42. The molecule has 18 aromatic rings. The van der Waals surface area contributed by atoms with Crippen LogP contribution in [0.1, 0.15) is 22.3 Å². The molecule has 0 fully saturated rings. The molecule has 0 saturated heterocycles. The molecule has 0 saturated carbocycles. The molecule has 3 aliphatic rings. The third-order valence-electron chi connectivity index (χ3n) is 19.8. The van der Waals surface area contributed by atoms with E-state index in [1.165, 1.54) is 32.3 Å². The second-order valence-electron chi connectivity index (χ2n) is 24.4. The summed E-state index contributed by atoms with van der Waals surface area (Å²) in [5, 5.41) is 9.25. The second kappa shape index (κ2) is 18.3. The van der Waals surface area contributed by atoms with Gasteiger partial charge in [0.15, 0.2) is 11.5 Å². The number of para-hydroxylation sites is 11. The van der Waals surface area contributed by atoms with Gasteiger partial charge in [0.1, 0.15) is 11.5 Å². The van der Waals surface area contributed by atoms with Crippen molar-refractivity contribution in [1.82, 2.24) is 28.2 Å². The molecule has 0 bridgehead atoms. The number of aromatic nitrogens is 6. The Labute approximate surface area is 526 Å². The number of ether oxygens (including phenoxy) is 2. The molecule has 12 aromatic carbocycles. The van der Waals surface area contributed by atoms with E-state index < -0.39 is 5.41 Å². The van der Waals surface area contributed by atoms with Crippen molar-refractivity contribution in [1.29, 1.82) is 0 Å². The Bertz CT molecular complexity index is 5890. The van der Waals surface area contributed by atoms with Gasteiger partial charge in [0.05, 0.1) is 107 Å². The zero-order valence-corrected chi connectivity index (χ0v) is 49.2. The third kappa shape index (κ3) is 6.44. The molecule has 9 heteroatoms. The van der Waals surface area contributed by atoms with Crippen molar-refractivity contribution in [3.8, 4) is 57.1 Å². The molecule has 0 radical (unpaired) electrons. The van der Waals surface area contributed by atoms with E-state index in [-0.39, 0.29) is 0 Å². The van der Waals surface area contributed by atoms with Crippen molar-refractivity contribution in [3.63, 3.8) is 0 Å². The highest BCUT2D eigenvalue weighted by Gasteiger charge is 2.56. The predicted molar refractivity (Wildman–Crippen MR) is 372 cm³/mol. The highest BCUT2D eigenvalue weighted by Crippen LogP contribution is 2.65. The maximum atomic E-state index is 7.72. The molecule has 1 aliphatic carbocycles. The Hall–Kier alpha value is -12.5. The molecular formula is C83H49N7O2. The van der Waals surface area contributed by atoms with E-state index in [4.69, 9.17) is 19.4 Å². The molecule has 0 N–H and O–H groups in total. The lowest BCUT2D eigenvalue weighted by atomic mass is 9.65. The summed E-state index contributed by atoms with van der Waals surface area (Å²) in [7, 11) is 0. The highest BCUT2D eigenvalue weighted by molar-refractivity contribution is 6.14. The van der Waals surface area contributed by atoms with Crippen LogP contribution in [0.4, 0.5) is 17.1 Å². The summed E-state index contributed by atoms with van der Waals surface area (Å²) in [6.07, 6.45) is 4.12. The van der Waals surface area contributed by atoms with Gasteiger partial charge in [-0.3, -0.25) is 9.97 Å². The number of hydrogen-bond donors (Lipinski definition) is 0. The molecule has 0 unspecified atom stereocenters. The molecule has 1 spiro atoms. The van der Waals surface area contributed by atoms with Gasteiger partial charge in [-0.2, -0.15) is 0 Å². The number of hydrogen-bond acceptors (Lipinski definition) is 5. The first-order valence-electron chi connectivity index (χ1n) is 31.3. The van der Waals surface area contributed by atoms with Crippen LogP contribution in [0.2, 0.25) is 0 Å². The average molecular weight is 1180 g/mol. The first-order chi connectivity index (χ1) is 45.7. The van der Waals surface area contributed by atoms with Crippen LogP contribution in [-0.2, 0) is 5.41 Å². The number of pyridine rings is 2. The quantitative estimate of drug-likeness (QED) is 0.172. The van der Waals surface area contributed by atoms with E-state index in [2.05, 4.69) is 296 Å². The van der Waals surface area contributed by atoms with E-state index in [0.717, 1.165) is 151 Å². The fourth-order valence-electron chi connectivity index (χ4n) is 16.3. The van der Waals surface area contributed by atoms with Gasteiger partial charge < -0.3 is 32.6 Å². The zero-order valence-electron chi connectivity index (χ0n) is 49.2. The fraction of sp³-hybridized carbons (Fsp3) is 0.0120. The number of rotatable bonds is 5. The fourth-order valence-corrected chi connectivity index (χ4v) is 16.3. The second-order valence-corrected chi connectivity index (χ2v) is 24.4. The summed E-state index contributed by atoms with van der Waals surface area (Å²) in [5.41, 5.74) is 19.9. The molecule has 21 rings (SSSR count). The maximum Gasteiger partial charge on any atom is 0.151 e. The van der Waals surface area contributed by atoms with Crippen LogP contribution in [0, 0.1) is 0 Å². The van der Waals surface area contributed by atoms with Crippen LogP contribution in [0.3, 0.4) is 0 Å². The molecule has 6 aromatic heterocycles. The normalized spacial score (nSPS) is 13.5. The van der Waals surface area contributed by atoms with Crippen molar-refractivity contribution in [3.05, 3.63) is 320 Å². The molecule has 2 aliphatic heterocycles. The van der Waals surface area contributed by atoms with E-state index in [1.54, 1.807) is 0 Å². The number of fused-ring (bicyclic) bond motifs is 23. The molecule has 9 nitrogen and oxygen atoms in total. The van der Waals surface area contributed by atoms with Crippen molar-refractivity contribution in [2.45, 2.75) is 5.41 Å². The van der Waals surface area contributed by atoms with Crippen molar-refractivity contribution >= 4 is 104 Å². The lowest BCUT2D eigenvalue weighted by Crippen LogP contribution is -2.35. The molecule has 0 atom stereocenters. The average Bonchev–Trinajstić information content (AvgIpc) is 1.43. The Balaban J connectivity index is 0.925. The van der Waals surface area contributed by atoms with Gasteiger partial charge in [-0.25, -0.2) is 0 Å². The Morgan fingerprint density at radius 3 is 0.978 bits per heavy atom. The first kappa shape index (κ1) is 49.5. The summed E-state index contributed by atoms with van der Waals surface area (Å²) >= 11 is 0. The van der Waals surface area contributed by atoms with Gasteiger partial charge in [-0.15, -0.1) is 0 Å². The topological polar surface area (TPSA) is 67.2 Å². The van der Waals surface area contributed by atoms with Gasteiger partial charge >= 0.3 is 0 Å². The van der Waals surface area contributed by atoms with Gasteiger partial charge in [0.25, 0.3) is 0 Å². The van der Waals surface area contributed by atoms with Crippen LogP contribution in [0.15, 0.2) is 298 Å². The molecule has 428 valence electrons. The molecule has 8 heterocycles. The Morgan fingerprint density at radius 2 is 0.565 bits per heavy atom. The summed E-state index contributed by atoms with van der Waals surface area (Å²) in [4.78, 5) is 13.9. The van der Waals surface area contributed by atoms with Crippen molar-refractivity contribution in [2.75, 3.05) is 4.90 Å². The number of anilines is 3. The Kier molecular flexibility index (Phi) is 9.86. The predicted octanol–water partition coefficient (Wildman–Crippen LogP) is 20.9. The first-order valence-corrected chi connectivity index (χ1v) is 31.3. The molecule has 0 amide bonds. The SMILES string of the molecule is c1ccc2c(c1)Oc1ccccc1N2c1ccc2c(c1)c1ccccc1n2-c1cccc2c1C1(c3cc(-n4c5ccccc5c5ccccc54)cnc3-c3ncc(-n4c5ccccc5c5ccccc54)cc31)c1c(cccc1-n1c3ccccc3c3ccccc31)O2. The smallest absolute Gasteiger partial charge is 0.151 e. The number of benzene rings is 12. The zero-order chi connectivity index (χ0) is 59.9.